The average Bonchev–Trinajstić information content (AvgIpc) is 3.62. The highest BCUT2D eigenvalue weighted by molar-refractivity contribution is 5.57. The second-order valence-electron chi connectivity index (χ2n) is 9.59. The van der Waals surface area contributed by atoms with E-state index >= 15 is 0 Å². The molecule has 0 aromatic carbocycles. The van der Waals surface area contributed by atoms with Gasteiger partial charge in [0.25, 0.3) is 0 Å². The number of nitrogens with zero attached hydrogens (tertiary/aromatic N) is 4. The molecule has 3 rings (SSSR count). The summed E-state index contributed by atoms with van der Waals surface area (Å²) in [5.74, 6) is 12.0. The van der Waals surface area contributed by atoms with Crippen LogP contribution in [0.4, 0.5) is 5.82 Å². The van der Waals surface area contributed by atoms with Gasteiger partial charge in [0.15, 0.2) is 18.3 Å². The van der Waals surface area contributed by atoms with Gasteiger partial charge in [0.1, 0.15) is 23.8 Å². The number of nitrogens with two attached hydrogens (primary N) is 1. The molecule has 2 N–H and O–H groups in total. The lowest BCUT2D eigenvalue weighted by Crippen LogP contribution is -2.54. The Morgan fingerprint density at radius 3 is 2.43 bits per heavy atom. The molecule has 0 aliphatic carbocycles. The molecule has 0 amide bonds. The fourth-order valence-electron chi connectivity index (χ4n) is 4.73. The number of hydrogen-bond acceptors (Lipinski definition) is 8. The molecule has 2 aliphatic rings. The number of terminal acetylenes is 1. The fourth-order valence-corrected chi connectivity index (χ4v) is 4.73. The van der Waals surface area contributed by atoms with Crippen molar-refractivity contribution >= 4 is 5.82 Å². The Morgan fingerprint density at radius 1 is 1.24 bits per heavy atom. The van der Waals surface area contributed by atoms with Crippen LogP contribution >= 0.6 is 0 Å². The van der Waals surface area contributed by atoms with Gasteiger partial charge in [-0.1, -0.05) is 52.8 Å². The van der Waals surface area contributed by atoms with E-state index in [1.54, 1.807) is 31.8 Å². The number of aryl methyl sites for hydroxylation is 1. The second kappa shape index (κ2) is 15.8. The number of likely N-dealkylation sites (N-methyl/N-ethyl adjacent to an activating group) is 1. The Morgan fingerprint density at radius 2 is 1.93 bits per heavy atom. The van der Waals surface area contributed by atoms with Crippen molar-refractivity contribution < 1.29 is 18.9 Å². The van der Waals surface area contributed by atoms with Crippen molar-refractivity contribution in [2.75, 3.05) is 33.1 Å². The number of ether oxygens (including phenoxy) is 4. The van der Waals surface area contributed by atoms with E-state index in [1.807, 2.05) is 75.6 Å². The first-order chi connectivity index (χ1) is 20.1. The van der Waals surface area contributed by atoms with Crippen molar-refractivity contribution in [1.82, 2.24) is 14.5 Å². The monoisotopic (exact) mass is 577 g/mol. The highest BCUT2D eigenvalue weighted by atomic mass is 16.7. The maximum atomic E-state index is 6.96. The minimum atomic E-state index is -0.628. The molecular weight excluding hydrogens is 530 g/mol. The third kappa shape index (κ3) is 7.19. The van der Waals surface area contributed by atoms with Gasteiger partial charge in [-0.25, -0.2) is 10.8 Å². The van der Waals surface area contributed by atoms with Crippen molar-refractivity contribution in [2.45, 2.75) is 53.3 Å². The summed E-state index contributed by atoms with van der Waals surface area (Å²) < 4.78 is 25.0. The van der Waals surface area contributed by atoms with Gasteiger partial charge in [-0.15, -0.1) is 6.42 Å². The molecule has 1 aromatic rings. The van der Waals surface area contributed by atoms with Crippen molar-refractivity contribution in [3.63, 3.8) is 0 Å². The molecule has 3 atom stereocenters. The molecule has 9 heteroatoms. The molecule has 3 unspecified atom stereocenters. The largest absolute Gasteiger partial charge is 0.493 e. The predicted octanol–water partition coefficient (Wildman–Crippen LogP) is 5.71. The first kappa shape index (κ1) is 34.1. The van der Waals surface area contributed by atoms with E-state index in [-0.39, 0.29) is 18.8 Å². The van der Waals surface area contributed by atoms with E-state index in [2.05, 4.69) is 31.0 Å². The Hall–Kier alpha value is -4.13. The fraction of sp³-hybridized carbons (Fsp3) is 0.424. The van der Waals surface area contributed by atoms with E-state index in [0.717, 1.165) is 17.6 Å². The molecule has 0 saturated carbocycles. The third-order valence-corrected chi connectivity index (χ3v) is 7.16. The van der Waals surface area contributed by atoms with Crippen LogP contribution in [-0.2, 0) is 26.0 Å². The first-order valence-electron chi connectivity index (χ1n) is 14.1. The lowest BCUT2D eigenvalue weighted by atomic mass is 9.86. The van der Waals surface area contributed by atoms with E-state index in [9.17, 15) is 0 Å². The van der Waals surface area contributed by atoms with E-state index in [0.29, 0.717) is 39.9 Å². The smallest absolute Gasteiger partial charge is 0.189 e. The Labute approximate surface area is 251 Å². The van der Waals surface area contributed by atoms with Crippen LogP contribution in [0.25, 0.3) is 0 Å². The molecule has 1 fully saturated rings. The van der Waals surface area contributed by atoms with Crippen LogP contribution in [0.15, 0.2) is 95.3 Å². The maximum absolute atomic E-state index is 6.96. The van der Waals surface area contributed by atoms with Crippen molar-refractivity contribution in [1.29, 1.82) is 0 Å². The summed E-state index contributed by atoms with van der Waals surface area (Å²) in [7, 11) is 7.04. The number of hydrogen-bond donors (Lipinski definition) is 1. The zero-order valence-corrected chi connectivity index (χ0v) is 26.6. The van der Waals surface area contributed by atoms with Gasteiger partial charge < -0.3 is 28.4 Å². The number of rotatable bonds is 7. The number of allylic oxidation sites excluding steroid dienone is 6. The molecule has 228 valence electrons. The summed E-state index contributed by atoms with van der Waals surface area (Å²) in [5.41, 5.74) is 3.53. The van der Waals surface area contributed by atoms with E-state index in [4.69, 9.17) is 31.2 Å². The number of hydrazine groups is 1. The topological polar surface area (TPSA) is 87.2 Å². The Bertz CT molecular complexity index is 1320. The van der Waals surface area contributed by atoms with Crippen LogP contribution < -0.4 is 10.9 Å². The zero-order valence-electron chi connectivity index (χ0n) is 26.6. The Kier molecular flexibility index (Phi) is 12.8. The van der Waals surface area contributed by atoms with Crippen LogP contribution in [0.5, 0.6) is 0 Å². The number of aromatic nitrogens is 2. The van der Waals surface area contributed by atoms with Crippen LogP contribution in [0.1, 0.15) is 41.0 Å². The molecule has 1 aromatic heterocycles. The van der Waals surface area contributed by atoms with Crippen molar-refractivity contribution in [2.24, 2.45) is 18.8 Å². The molecule has 0 spiro atoms. The van der Waals surface area contributed by atoms with E-state index < -0.39 is 6.17 Å². The van der Waals surface area contributed by atoms with Gasteiger partial charge in [-0.2, -0.15) is 0 Å². The molecule has 1 saturated heterocycles. The minimum absolute atomic E-state index is 0.172. The second-order valence-corrected chi connectivity index (χ2v) is 9.59. The number of anilines is 1. The van der Waals surface area contributed by atoms with Gasteiger partial charge in [-0.3, -0.25) is 5.01 Å². The molecule has 0 bridgehead atoms. The summed E-state index contributed by atoms with van der Waals surface area (Å²) in [6.45, 7) is 19.0. The Balaban J connectivity index is 0.00000301. The molecule has 0 radical (unpaired) electrons. The lowest BCUT2D eigenvalue weighted by molar-refractivity contribution is 0.0553. The summed E-state index contributed by atoms with van der Waals surface area (Å²) >= 11 is 0. The summed E-state index contributed by atoms with van der Waals surface area (Å²) in [6.07, 6.45) is 16.9. The van der Waals surface area contributed by atoms with Gasteiger partial charge in [0.2, 0.25) is 0 Å². The first-order valence-corrected chi connectivity index (χ1v) is 14.1. The molecule has 42 heavy (non-hydrogen) atoms. The van der Waals surface area contributed by atoms with Crippen LogP contribution in [0.2, 0.25) is 0 Å². The van der Waals surface area contributed by atoms with Crippen molar-refractivity contribution in [3.8, 4) is 12.3 Å². The molecule has 3 heterocycles. The van der Waals surface area contributed by atoms with Gasteiger partial charge in [0, 0.05) is 42.4 Å². The highest BCUT2D eigenvalue weighted by Gasteiger charge is 2.37. The van der Waals surface area contributed by atoms with Gasteiger partial charge in [0.05, 0.1) is 26.7 Å². The standard InChI is InChI=1S/C31H41N5O4.C2H6/c1-11-13-26(37-9)30(38-10)29-21(4)20(3)14-15-24(12-2)25(16-27-23(6)39-19-40-27)22(5)35(8)31(29)36(32)28-17-33-18-34(28)7;1-2/h2,13-18,21,23,31H,3,5,11,19,32H2,1,4,6-10H3;1-2H3/b15-14-,25-24-,26-13+,27-16+,30-29-;. The average molecular weight is 578 g/mol. The summed E-state index contributed by atoms with van der Waals surface area (Å²) in [4.78, 5) is 6.26. The minimum Gasteiger partial charge on any atom is -0.493 e. The summed E-state index contributed by atoms with van der Waals surface area (Å²) in [6, 6.07) is 0. The van der Waals surface area contributed by atoms with Crippen LogP contribution in [-0.4, -0.2) is 54.8 Å². The van der Waals surface area contributed by atoms with Crippen LogP contribution in [0, 0.1) is 18.3 Å². The van der Waals surface area contributed by atoms with Crippen molar-refractivity contribution in [3.05, 3.63) is 95.3 Å². The van der Waals surface area contributed by atoms with E-state index in [1.165, 1.54) is 0 Å². The van der Waals surface area contributed by atoms with Gasteiger partial charge >= 0.3 is 0 Å². The molecule has 2 aliphatic heterocycles. The van der Waals surface area contributed by atoms with Crippen LogP contribution in [0.3, 0.4) is 0 Å². The lowest BCUT2D eigenvalue weighted by Gasteiger charge is -2.42. The maximum Gasteiger partial charge on any atom is 0.189 e. The SMILES string of the molecule is C#CC1=C(\C=C2\OCOC2C)C(=C)N(C)C(N(N)c2cncn2C)/C(=C(OC)/C(=C\CC)OC)C(C)C(=C)/C=C\1.CC. The molecular formula is C33H47N5O4. The number of imidazole rings is 1. The number of methoxy groups -OCH3 is 2. The van der Waals surface area contributed by atoms with Gasteiger partial charge in [-0.05, 0) is 37.1 Å². The third-order valence-electron chi connectivity index (χ3n) is 7.16. The zero-order chi connectivity index (χ0) is 31.6. The predicted molar refractivity (Wildman–Crippen MR) is 169 cm³/mol. The highest BCUT2D eigenvalue weighted by Crippen LogP contribution is 2.38. The summed E-state index contributed by atoms with van der Waals surface area (Å²) in [5, 5.41) is 1.64. The molecule has 9 nitrogen and oxygen atoms in total. The normalized spacial score (nSPS) is 26.1. The quantitative estimate of drug-likeness (QED) is 0.191.